The van der Waals surface area contributed by atoms with E-state index in [0.29, 0.717) is 25.3 Å². The lowest BCUT2D eigenvalue weighted by Crippen LogP contribution is -2.41. The number of amides is 1. The molecule has 1 aromatic heterocycles. The molecular weight excluding hydrogens is 426 g/mol. The summed E-state index contributed by atoms with van der Waals surface area (Å²) in [7, 11) is -3.70. The average molecular weight is 460 g/mol. The number of benzene rings is 1. The van der Waals surface area contributed by atoms with Crippen LogP contribution in [0.5, 0.6) is 0 Å². The quantitative estimate of drug-likeness (QED) is 0.624. The molecule has 7 nitrogen and oxygen atoms in total. The van der Waals surface area contributed by atoms with Crippen molar-refractivity contribution >= 4 is 21.9 Å². The molecule has 1 amide bonds. The molecular formula is C24H33N3O4S. The lowest BCUT2D eigenvalue weighted by Gasteiger charge is -2.36. The van der Waals surface area contributed by atoms with Gasteiger partial charge in [-0.15, -0.1) is 0 Å². The number of sulfonamides is 1. The van der Waals surface area contributed by atoms with Crippen molar-refractivity contribution in [2.24, 2.45) is 0 Å². The zero-order valence-corrected chi connectivity index (χ0v) is 20.4. The van der Waals surface area contributed by atoms with Crippen molar-refractivity contribution in [3.05, 3.63) is 53.7 Å². The molecule has 32 heavy (non-hydrogen) atoms. The predicted molar refractivity (Wildman–Crippen MR) is 125 cm³/mol. The van der Waals surface area contributed by atoms with Crippen molar-refractivity contribution in [1.82, 2.24) is 9.29 Å². The molecule has 3 rings (SSSR count). The van der Waals surface area contributed by atoms with Gasteiger partial charge in [-0.3, -0.25) is 4.90 Å². The molecule has 0 aliphatic carbocycles. The molecule has 8 heteroatoms. The van der Waals surface area contributed by atoms with Gasteiger partial charge in [-0.25, -0.2) is 18.2 Å². The maximum Gasteiger partial charge on any atom is 0.415 e. The molecule has 0 spiro atoms. The smallest absolute Gasteiger partial charge is 0.415 e. The molecule has 174 valence electrons. The van der Waals surface area contributed by atoms with E-state index < -0.39 is 27.8 Å². The Kier molecular flexibility index (Phi) is 7.25. The van der Waals surface area contributed by atoms with Crippen LogP contribution in [0.2, 0.25) is 0 Å². The minimum Gasteiger partial charge on any atom is -0.443 e. The van der Waals surface area contributed by atoms with E-state index in [0.717, 1.165) is 24.0 Å². The molecule has 0 bridgehead atoms. The van der Waals surface area contributed by atoms with E-state index in [1.165, 1.54) is 4.90 Å². The van der Waals surface area contributed by atoms with E-state index >= 15 is 0 Å². The van der Waals surface area contributed by atoms with E-state index in [-0.39, 0.29) is 4.90 Å². The van der Waals surface area contributed by atoms with Gasteiger partial charge in [-0.2, -0.15) is 4.31 Å². The Morgan fingerprint density at radius 2 is 1.88 bits per heavy atom. The van der Waals surface area contributed by atoms with Crippen LogP contribution in [0.3, 0.4) is 0 Å². The first kappa shape index (κ1) is 24.2. The van der Waals surface area contributed by atoms with Crippen molar-refractivity contribution in [2.75, 3.05) is 18.0 Å². The predicted octanol–water partition coefficient (Wildman–Crippen LogP) is 5.07. The van der Waals surface area contributed by atoms with Crippen LogP contribution >= 0.6 is 0 Å². The third-order valence-corrected chi connectivity index (χ3v) is 7.37. The van der Waals surface area contributed by atoms with E-state index in [2.05, 4.69) is 4.98 Å². The van der Waals surface area contributed by atoms with Crippen LogP contribution in [0.15, 0.2) is 47.5 Å². The molecule has 1 aliphatic rings. The highest BCUT2D eigenvalue weighted by Gasteiger charge is 2.37. The summed E-state index contributed by atoms with van der Waals surface area (Å²) in [6.07, 6.45) is 3.48. The summed E-state index contributed by atoms with van der Waals surface area (Å²) in [6.45, 7) is 10.0. The van der Waals surface area contributed by atoms with Crippen molar-refractivity contribution in [3.8, 4) is 0 Å². The number of pyridine rings is 1. The minimum atomic E-state index is -3.70. The molecule has 2 aromatic rings. The number of hydrogen-bond donors (Lipinski definition) is 0. The first-order chi connectivity index (χ1) is 15.0. The van der Waals surface area contributed by atoms with Crippen LogP contribution in [0.25, 0.3) is 0 Å². The largest absolute Gasteiger partial charge is 0.443 e. The van der Waals surface area contributed by atoms with E-state index in [1.807, 2.05) is 52.8 Å². The Hall–Kier alpha value is -2.45. The Bertz CT molecular complexity index is 1050. The zero-order valence-electron chi connectivity index (χ0n) is 19.5. The third kappa shape index (κ3) is 5.30. The number of aromatic nitrogens is 1. The number of rotatable bonds is 5. The second-order valence-corrected chi connectivity index (χ2v) is 11.0. The monoisotopic (exact) mass is 459 g/mol. The Morgan fingerprint density at radius 1 is 1.19 bits per heavy atom. The fraction of sp³-hybridized carbons (Fsp3) is 0.500. The summed E-state index contributed by atoms with van der Waals surface area (Å²) in [5.74, 6) is 0.445. The van der Waals surface area contributed by atoms with Gasteiger partial charge >= 0.3 is 6.09 Å². The van der Waals surface area contributed by atoms with Gasteiger partial charge in [0.1, 0.15) is 11.4 Å². The van der Waals surface area contributed by atoms with Crippen LogP contribution in [-0.2, 0) is 14.8 Å². The Morgan fingerprint density at radius 3 is 2.50 bits per heavy atom. The first-order valence-corrected chi connectivity index (χ1v) is 12.5. The number of piperidine rings is 1. The molecule has 2 heterocycles. The molecule has 0 radical (unpaired) electrons. The Balaban J connectivity index is 2.02. The van der Waals surface area contributed by atoms with Crippen molar-refractivity contribution in [2.45, 2.75) is 70.4 Å². The number of hydrogen-bond acceptors (Lipinski definition) is 5. The van der Waals surface area contributed by atoms with Gasteiger partial charge in [-0.1, -0.05) is 30.2 Å². The van der Waals surface area contributed by atoms with E-state index in [1.54, 1.807) is 28.7 Å². The van der Waals surface area contributed by atoms with E-state index in [4.69, 9.17) is 4.74 Å². The number of ether oxygens (including phenoxy) is 1. The van der Waals surface area contributed by atoms with Crippen LogP contribution in [0.1, 0.15) is 64.1 Å². The second kappa shape index (κ2) is 9.58. The number of anilines is 1. The first-order valence-electron chi connectivity index (χ1n) is 11.1. The number of aryl methyl sites for hydroxylation is 1. The molecule has 0 N–H and O–H groups in total. The maximum atomic E-state index is 13.6. The van der Waals surface area contributed by atoms with Crippen LogP contribution in [-0.4, -0.2) is 42.5 Å². The minimum absolute atomic E-state index is 0.278. The molecule has 1 aliphatic heterocycles. The summed E-state index contributed by atoms with van der Waals surface area (Å²) in [4.78, 5) is 19.1. The fourth-order valence-corrected chi connectivity index (χ4v) is 5.60. The van der Waals surface area contributed by atoms with Gasteiger partial charge in [0.2, 0.25) is 10.0 Å². The second-order valence-electron chi connectivity index (χ2n) is 9.08. The lowest BCUT2D eigenvalue weighted by atomic mass is 9.97. The summed E-state index contributed by atoms with van der Waals surface area (Å²) in [5, 5.41) is 0. The van der Waals surface area contributed by atoms with Crippen molar-refractivity contribution < 1.29 is 17.9 Å². The van der Waals surface area contributed by atoms with Gasteiger partial charge in [0, 0.05) is 24.8 Å². The molecule has 1 saturated heterocycles. The molecule has 1 atom stereocenters. The summed E-state index contributed by atoms with van der Waals surface area (Å²) >= 11 is 0. The van der Waals surface area contributed by atoms with Crippen LogP contribution < -0.4 is 4.90 Å². The van der Waals surface area contributed by atoms with Gasteiger partial charge in [0.05, 0.1) is 10.9 Å². The molecule has 1 fully saturated rings. The number of carbonyl (C=O) groups excluding carboxylic acids is 1. The summed E-state index contributed by atoms with van der Waals surface area (Å²) in [5.41, 5.74) is 1.07. The SMILES string of the molecule is CCN(C(=O)OC(C)(C)C)c1ncccc1[C@H]1CCCCN1S(=O)(=O)c1ccc(C)cc1. The highest BCUT2D eigenvalue weighted by atomic mass is 32.2. The maximum absolute atomic E-state index is 13.6. The standard InChI is InChI=1S/C24H33N3O4S/c1-6-26(23(28)31-24(3,4)5)22-20(10-9-16-25-22)21-11-7-8-17-27(21)32(29,30)19-14-12-18(2)13-15-19/h9-10,12-16,21H,6-8,11,17H2,1-5H3/t21-/m1/s1. The van der Waals surface area contributed by atoms with Gasteiger partial charge < -0.3 is 4.74 Å². The van der Waals surface area contributed by atoms with Gasteiger partial charge in [-0.05, 0) is 65.7 Å². The van der Waals surface area contributed by atoms with Gasteiger partial charge in [0.15, 0.2) is 0 Å². The zero-order chi connectivity index (χ0) is 23.5. The summed E-state index contributed by atoms with van der Waals surface area (Å²) in [6, 6.07) is 10.2. The molecule has 0 saturated carbocycles. The highest BCUT2D eigenvalue weighted by Crippen LogP contribution is 2.39. The molecule has 0 unspecified atom stereocenters. The highest BCUT2D eigenvalue weighted by molar-refractivity contribution is 7.89. The number of nitrogens with zero attached hydrogens (tertiary/aromatic N) is 3. The average Bonchev–Trinajstić information content (AvgIpc) is 2.74. The molecule has 1 aromatic carbocycles. The topological polar surface area (TPSA) is 79.8 Å². The van der Waals surface area contributed by atoms with Crippen LogP contribution in [0.4, 0.5) is 10.6 Å². The van der Waals surface area contributed by atoms with Crippen LogP contribution in [0, 0.1) is 6.92 Å². The Labute approximate surface area is 191 Å². The van der Waals surface area contributed by atoms with Crippen molar-refractivity contribution in [1.29, 1.82) is 0 Å². The van der Waals surface area contributed by atoms with Crippen molar-refractivity contribution in [3.63, 3.8) is 0 Å². The number of carbonyl (C=O) groups is 1. The lowest BCUT2D eigenvalue weighted by molar-refractivity contribution is 0.0580. The van der Waals surface area contributed by atoms with Gasteiger partial charge in [0.25, 0.3) is 0 Å². The normalized spacial score (nSPS) is 17.7. The fourth-order valence-electron chi connectivity index (χ4n) is 3.93. The van der Waals surface area contributed by atoms with E-state index in [9.17, 15) is 13.2 Å². The summed E-state index contributed by atoms with van der Waals surface area (Å²) < 4.78 is 34.2. The third-order valence-electron chi connectivity index (χ3n) is 5.44.